The number of nitrogens with zero attached hydrogens (tertiary/aromatic N) is 3. The predicted octanol–water partition coefficient (Wildman–Crippen LogP) is 1.33. The van der Waals surface area contributed by atoms with E-state index in [4.69, 9.17) is 0 Å². The van der Waals surface area contributed by atoms with Crippen LogP contribution < -0.4 is 21.2 Å². The van der Waals surface area contributed by atoms with Gasteiger partial charge in [-0.1, -0.05) is 30.3 Å². The van der Waals surface area contributed by atoms with Crippen LogP contribution in [0.1, 0.15) is 11.1 Å². The molecule has 0 amide bonds. The number of alkyl halides is 3. The molecular formula is C19H13BF3N5O4. The van der Waals surface area contributed by atoms with Gasteiger partial charge in [-0.2, -0.15) is 10.4 Å². The molecule has 1 aromatic heterocycles. The van der Waals surface area contributed by atoms with Crippen LogP contribution in [0.4, 0.5) is 19.1 Å². The second-order valence-corrected chi connectivity index (χ2v) is 6.20. The first-order chi connectivity index (χ1) is 15.2. The number of rotatable bonds is 6. The van der Waals surface area contributed by atoms with E-state index in [1.54, 1.807) is 36.4 Å². The fourth-order valence-corrected chi connectivity index (χ4v) is 2.67. The third kappa shape index (κ3) is 5.51. The Morgan fingerprint density at radius 1 is 1.22 bits per heavy atom. The quantitative estimate of drug-likeness (QED) is 0.256. The van der Waals surface area contributed by atoms with Crippen molar-refractivity contribution in [2.24, 2.45) is 5.10 Å². The largest absolute Gasteiger partial charge is 0.573 e. The molecule has 0 spiro atoms. The first-order valence-electron chi connectivity index (χ1n) is 8.82. The summed E-state index contributed by atoms with van der Waals surface area (Å²) >= 11 is 0. The highest BCUT2D eigenvalue weighted by atomic mass is 19.4. The summed E-state index contributed by atoms with van der Waals surface area (Å²) in [4.78, 5) is 18.7. The molecular weight excluding hydrogens is 430 g/mol. The summed E-state index contributed by atoms with van der Waals surface area (Å²) in [6.07, 6.45) is -3.87. The molecule has 0 fully saturated rings. The van der Waals surface area contributed by atoms with Crippen molar-refractivity contribution < 1.29 is 28.0 Å². The number of anilines is 1. The molecule has 0 saturated heterocycles. The van der Waals surface area contributed by atoms with Crippen LogP contribution in [0, 0.1) is 11.3 Å². The SMILES string of the molecule is N#Cc1c(-c2ccccc2)nc(NN=Cc2ccc(OC(F)(F)F)c(B(O)O)c2)[nH]c1=O. The van der Waals surface area contributed by atoms with Gasteiger partial charge in [-0.15, -0.1) is 13.2 Å². The second-order valence-electron chi connectivity index (χ2n) is 6.20. The van der Waals surface area contributed by atoms with Crippen LogP contribution in [0.15, 0.2) is 58.4 Å². The molecule has 3 rings (SSSR count). The van der Waals surface area contributed by atoms with E-state index in [2.05, 4.69) is 25.2 Å². The van der Waals surface area contributed by atoms with E-state index in [9.17, 15) is 33.3 Å². The van der Waals surface area contributed by atoms with Gasteiger partial charge >= 0.3 is 13.5 Å². The number of aromatic amines is 1. The molecule has 0 unspecified atom stereocenters. The lowest BCUT2D eigenvalue weighted by Gasteiger charge is -2.13. The predicted molar refractivity (Wildman–Crippen MR) is 109 cm³/mol. The molecule has 0 saturated carbocycles. The van der Waals surface area contributed by atoms with E-state index < -0.39 is 30.3 Å². The maximum Gasteiger partial charge on any atom is 0.573 e. The van der Waals surface area contributed by atoms with Gasteiger partial charge in [-0.3, -0.25) is 9.78 Å². The van der Waals surface area contributed by atoms with E-state index in [1.165, 1.54) is 6.07 Å². The van der Waals surface area contributed by atoms with Crippen LogP contribution >= 0.6 is 0 Å². The zero-order valence-electron chi connectivity index (χ0n) is 16.0. The maximum atomic E-state index is 12.4. The Morgan fingerprint density at radius 3 is 2.56 bits per heavy atom. The van der Waals surface area contributed by atoms with Gasteiger partial charge in [0.25, 0.3) is 5.56 Å². The Balaban J connectivity index is 1.86. The average Bonchev–Trinajstić information content (AvgIpc) is 2.73. The van der Waals surface area contributed by atoms with Gasteiger partial charge in [-0.05, 0) is 23.8 Å². The summed E-state index contributed by atoms with van der Waals surface area (Å²) in [7, 11) is -2.22. The summed E-state index contributed by atoms with van der Waals surface area (Å²) in [5, 5.41) is 31.7. The minimum Gasteiger partial charge on any atom is -0.423 e. The summed E-state index contributed by atoms with van der Waals surface area (Å²) < 4.78 is 41.1. The second kappa shape index (κ2) is 9.33. The van der Waals surface area contributed by atoms with Crippen molar-refractivity contribution in [1.29, 1.82) is 5.26 Å². The summed E-state index contributed by atoms with van der Waals surface area (Å²) in [5.74, 6) is -0.869. The summed E-state index contributed by atoms with van der Waals surface area (Å²) in [6, 6.07) is 13.4. The lowest BCUT2D eigenvalue weighted by molar-refractivity contribution is -0.274. The van der Waals surface area contributed by atoms with Crippen molar-refractivity contribution in [3.63, 3.8) is 0 Å². The number of hydrazone groups is 1. The van der Waals surface area contributed by atoms with Crippen LogP contribution in [0.5, 0.6) is 5.75 Å². The van der Waals surface area contributed by atoms with E-state index in [1.807, 2.05) is 0 Å². The summed E-state index contributed by atoms with van der Waals surface area (Å²) in [5.41, 5.74) is 1.90. The fraction of sp³-hybridized carbons (Fsp3) is 0.0526. The molecule has 0 radical (unpaired) electrons. The highest BCUT2D eigenvalue weighted by Crippen LogP contribution is 2.22. The number of aromatic nitrogens is 2. The number of nitriles is 1. The molecule has 0 atom stereocenters. The van der Waals surface area contributed by atoms with Crippen molar-refractivity contribution in [3.8, 4) is 23.1 Å². The number of hydrogen-bond acceptors (Lipinski definition) is 8. The number of halogens is 3. The Kier molecular flexibility index (Phi) is 6.57. The number of nitrogens with one attached hydrogen (secondary N) is 2. The zero-order valence-corrected chi connectivity index (χ0v) is 16.0. The van der Waals surface area contributed by atoms with Crippen molar-refractivity contribution >= 4 is 24.7 Å². The molecule has 4 N–H and O–H groups in total. The van der Waals surface area contributed by atoms with Gasteiger partial charge in [0, 0.05) is 11.0 Å². The van der Waals surface area contributed by atoms with E-state index >= 15 is 0 Å². The van der Waals surface area contributed by atoms with Crippen molar-refractivity contribution in [2.45, 2.75) is 6.36 Å². The number of H-pyrrole nitrogens is 1. The molecule has 32 heavy (non-hydrogen) atoms. The topological polar surface area (TPSA) is 144 Å². The summed E-state index contributed by atoms with van der Waals surface area (Å²) in [6.45, 7) is 0. The molecule has 9 nitrogen and oxygen atoms in total. The Hall–Kier alpha value is -4.15. The Morgan fingerprint density at radius 2 is 1.94 bits per heavy atom. The lowest BCUT2D eigenvalue weighted by atomic mass is 9.79. The Bertz CT molecular complexity index is 1240. The molecule has 1 heterocycles. The molecule has 162 valence electrons. The van der Waals surface area contributed by atoms with Crippen LogP contribution in [0.3, 0.4) is 0 Å². The average molecular weight is 443 g/mol. The standard InChI is InChI=1S/C19H13BF3N5O4/c21-19(22,23)32-15-7-6-11(8-14(15)20(30)31)10-25-28-18-26-16(12-4-2-1-3-5-12)13(9-24)17(29)27-18/h1-8,10,30-31H,(H2,26,27,28,29). The van der Waals surface area contributed by atoms with E-state index in [0.29, 0.717) is 5.56 Å². The Labute approximate surface area is 178 Å². The van der Waals surface area contributed by atoms with Crippen molar-refractivity contribution in [1.82, 2.24) is 9.97 Å². The van der Waals surface area contributed by atoms with Gasteiger partial charge in [0.15, 0.2) is 0 Å². The minimum absolute atomic E-state index is 0.0939. The molecule has 13 heteroatoms. The molecule has 0 bridgehead atoms. The monoisotopic (exact) mass is 443 g/mol. The van der Waals surface area contributed by atoms with E-state index in [-0.39, 0.29) is 22.8 Å². The lowest BCUT2D eigenvalue weighted by Crippen LogP contribution is -2.34. The van der Waals surface area contributed by atoms with Gasteiger partial charge in [0.2, 0.25) is 5.95 Å². The zero-order chi connectivity index (χ0) is 23.3. The smallest absolute Gasteiger partial charge is 0.423 e. The van der Waals surface area contributed by atoms with Crippen LogP contribution in [-0.2, 0) is 0 Å². The molecule has 0 aliphatic carbocycles. The molecule has 0 aliphatic rings. The minimum atomic E-state index is -5.01. The first-order valence-corrected chi connectivity index (χ1v) is 8.82. The van der Waals surface area contributed by atoms with Crippen LogP contribution in [0.25, 0.3) is 11.3 Å². The van der Waals surface area contributed by atoms with Crippen molar-refractivity contribution in [3.05, 3.63) is 70.0 Å². The number of ether oxygens (including phenoxy) is 1. The fourth-order valence-electron chi connectivity index (χ4n) is 2.67. The van der Waals surface area contributed by atoms with Gasteiger partial charge in [0.1, 0.15) is 17.4 Å². The highest BCUT2D eigenvalue weighted by Gasteiger charge is 2.33. The number of benzene rings is 2. The normalized spacial score (nSPS) is 11.2. The van der Waals surface area contributed by atoms with Gasteiger partial charge < -0.3 is 14.8 Å². The highest BCUT2D eigenvalue weighted by molar-refractivity contribution is 6.59. The van der Waals surface area contributed by atoms with Gasteiger partial charge in [-0.25, -0.2) is 10.4 Å². The van der Waals surface area contributed by atoms with Crippen molar-refractivity contribution in [2.75, 3.05) is 5.43 Å². The number of hydrogen-bond donors (Lipinski definition) is 4. The first kappa shape index (κ1) is 22.5. The molecule has 3 aromatic rings. The van der Waals surface area contributed by atoms with Gasteiger partial charge in [0.05, 0.1) is 11.9 Å². The third-order valence-corrected chi connectivity index (χ3v) is 4.00. The van der Waals surface area contributed by atoms with Crippen LogP contribution in [-0.4, -0.2) is 39.7 Å². The maximum absolute atomic E-state index is 12.4. The van der Waals surface area contributed by atoms with E-state index in [0.717, 1.165) is 18.3 Å². The molecule has 0 aliphatic heterocycles. The van der Waals surface area contributed by atoms with Crippen LogP contribution in [0.2, 0.25) is 0 Å². The third-order valence-electron chi connectivity index (χ3n) is 4.00. The molecule has 2 aromatic carbocycles.